The maximum Gasteiger partial charge on any atom is 0.298 e. The van der Waals surface area contributed by atoms with Crippen LogP contribution in [0.15, 0.2) is 53.6 Å². The number of anilines is 1. The second kappa shape index (κ2) is 11.1. The molecule has 4 rings (SSSR count). The van der Waals surface area contributed by atoms with E-state index in [1.54, 1.807) is 37.5 Å². The Labute approximate surface area is 213 Å². The maximum absolute atomic E-state index is 13.2. The van der Waals surface area contributed by atoms with Crippen molar-refractivity contribution in [2.45, 2.75) is 26.3 Å². The summed E-state index contributed by atoms with van der Waals surface area (Å²) in [6.45, 7) is 3.33. The first kappa shape index (κ1) is 25.0. The van der Waals surface area contributed by atoms with Crippen molar-refractivity contribution in [3.8, 4) is 0 Å². The molecule has 0 aliphatic carbocycles. The Morgan fingerprint density at radius 2 is 1.97 bits per heavy atom. The lowest BCUT2D eigenvalue weighted by molar-refractivity contribution is -0.121. The van der Waals surface area contributed by atoms with Crippen LogP contribution in [0.1, 0.15) is 24.5 Å². The van der Waals surface area contributed by atoms with Crippen LogP contribution < -0.4 is 10.2 Å². The van der Waals surface area contributed by atoms with Gasteiger partial charge in [0.1, 0.15) is 6.54 Å². The maximum atomic E-state index is 13.2. The molecule has 7 nitrogen and oxygen atoms in total. The van der Waals surface area contributed by atoms with Gasteiger partial charge in [-0.3, -0.25) is 14.4 Å². The minimum atomic E-state index is -0.420. The number of halogens is 1. The van der Waals surface area contributed by atoms with Crippen LogP contribution in [0.25, 0.3) is 17.0 Å². The van der Waals surface area contributed by atoms with Crippen molar-refractivity contribution in [3.05, 3.63) is 69.7 Å². The van der Waals surface area contributed by atoms with Crippen molar-refractivity contribution in [1.82, 2.24) is 9.88 Å². The first-order valence-electron chi connectivity index (χ1n) is 11.3. The summed E-state index contributed by atoms with van der Waals surface area (Å²) < 4.78 is 6.93. The zero-order valence-electron chi connectivity index (χ0n) is 19.5. The molecule has 0 spiro atoms. The van der Waals surface area contributed by atoms with Gasteiger partial charge < -0.3 is 14.6 Å². The quantitative estimate of drug-likeness (QED) is 0.313. The number of amides is 3. The summed E-state index contributed by atoms with van der Waals surface area (Å²) in [6.07, 6.45) is 5.11. The molecule has 9 heteroatoms. The molecule has 1 saturated heterocycles. The van der Waals surface area contributed by atoms with Crippen LogP contribution in [0.3, 0.4) is 0 Å². The normalized spacial score (nSPS) is 14.9. The van der Waals surface area contributed by atoms with Crippen LogP contribution in [0.4, 0.5) is 10.5 Å². The molecule has 0 bridgehead atoms. The summed E-state index contributed by atoms with van der Waals surface area (Å²) in [5.74, 6) is -0.522. The van der Waals surface area contributed by atoms with Crippen LogP contribution in [0.2, 0.25) is 5.02 Å². The van der Waals surface area contributed by atoms with E-state index in [0.717, 1.165) is 51.5 Å². The number of fused-ring (bicyclic) bond motifs is 1. The molecule has 3 aromatic rings. The van der Waals surface area contributed by atoms with Crippen LogP contribution >= 0.6 is 23.4 Å². The number of rotatable bonds is 9. The number of benzene rings is 2. The Morgan fingerprint density at radius 3 is 2.71 bits per heavy atom. The molecular weight excluding hydrogens is 486 g/mol. The van der Waals surface area contributed by atoms with Gasteiger partial charge in [-0.15, -0.1) is 0 Å². The zero-order valence-corrected chi connectivity index (χ0v) is 21.1. The van der Waals surface area contributed by atoms with E-state index >= 15 is 0 Å². The molecule has 2 heterocycles. The molecule has 3 amide bonds. The second-order valence-corrected chi connectivity index (χ2v) is 9.44. The number of carbonyl (C=O) groups excluding carboxylic acids is 3. The lowest BCUT2D eigenvalue weighted by Crippen LogP contribution is -2.28. The van der Waals surface area contributed by atoms with E-state index in [1.165, 1.54) is 0 Å². The highest BCUT2D eigenvalue weighted by molar-refractivity contribution is 8.19. The number of nitrogens with zero attached hydrogens (tertiary/aromatic N) is 2. The third kappa shape index (κ3) is 5.29. The molecule has 1 N–H and O–H groups in total. The molecule has 35 heavy (non-hydrogen) atoms. The van der Waals surface area contributed by atoms with Crippen molar-refractivity contribution in [2.24, 2.45) is 0 Å². The van der Waals surface area contributed by atoms with Crippen LogP contribution in [0, 0.1) is 0 Å². The lowest BCUT2D eigenvalue weighted by atomic mass is 10.1. The summed E-state index contributed by atoms with van der Waals surface area (Å²) in [5, 5.41) is 3.76. The first-order valence-corrected chi connectivity index (χ1v) is 12.5. The van der Waals surface area contributed by atoms with Gasteiger partial charge in [0.25, 0.3) is 11.1 Å². The average Bonchev–Trinajstić information content (AvgIpc) is 3.33. The molecular formula is C26H26ClN3O4S. The molecule has 1 aliphatic rings. The molecule has 1 fully saturated rings. The van der Waals surface area contributed by atoms with E-state index in [0.29, 0.717) is 28.8 Å². The van der Waals surface area contributed by atoms with Gasteiger partial charge in [0, 0.05) is 37.4 Å². The number of ether oxygens (including phenoxy) is 1. The Balaban J connectivity index is 1.67. The summed E-state index contributed by atoms with van der Waals surface area (Å²) in [5.41, 5.74) is 3.17. The number of aryl methyl sites for hydroxylation is 1. The molecule has 182 valence electrons. The van der Waals surface area contributed by atoms with Gasteiger partial charge in [-0.2, -0.15) is 0 Å². The Kier molecular flexibility index (Phi) is 7.95. The van der Waals surface area contributed by atoms with Gasteiger partial charge in [0.15, 0.2) is 0 Å². The monoisotopic (exact) mass is 511 g/mol. The molecule has 0 atom stereocenters. The average molecular weight is 512 g/mol. The number of aromatic nitrogens is 1. The molecule has 1 aromatic heterocycles. The van der Waals surface area contributed by atoms with Gasteiger partial charge in [-0.05, 0) is 48.4 Å². The number of imide groups is 1. The van der Waals surface area contributed by atoms with E-state index < -0.39 is 11.1 Å². The summed E-state index contributed by atoms with van der Waals surface area (Å²) in [4.78, 5) is 39.9. The van der Waals surface area contributed by atoms with Crippen molar-refractivity contribution >= 4 is 63.1 Å². The minimum Gasteiger partial charge on any atom is -0.385 e. The molecule has 0 saturated carbocycles. The van der Waals surface area contributed by atoms with E-state index in [4.69, 9.17) is 16.3 Å². The molecule has 1 aliphatic heterocycles. The highest BCUT2D eigenvalue weighted by atomic mass is 35.5. The second-order valence-electron chi connectivity index (χ2n) is 8.04. The highest BCUT2D eigenvalue weighted by Crippen LogP contribution is 2.39. The Hall–Kier alpha value is -3.07. The third-order valence-electron chi connectivity index (χ3n) is 5.73. The van der Waals surface area contributed by atoms with Gasteiger partial charge in [-0.25, -0.2) is 4.90 Å². The Morgan fingerprint density at radius 1 is 1.17 bits per heavy atom. The van der Waals surface area contributed by atoms with E-state index in [1.807, 2.05) is 29.0 Å². The molecule has 2 aromatic carbocycles. The number of carbonyl (C=O) groups is 3. The van der Waals surface area contributed by atoms with Crippen LogP contribution in [-0.4, -0.2) is 41.9 Å². The summed E-state index contributed by atoms with van der Waals surface area (Å²) in [6, 6.07) is 12.7. The number of methoxy groups -OCH3 is 1. The van der Waals surface area contributed by atoms with Crippen molar-refractivity contribution in [3.63, 3.8) is 0 Å². The largest absolute Gasteiger partial charge is 0.385 e. The van der Waals surface area contributed by atoms with Gasteiger partial charge >= 0.3 is 0 Å². The van der Waals surface area contributed by atoms with Gasteiger partial charge in [-0.1, -0.05) is 48.9 Å². The number of hydrogen-bond donors (Lipinski definition) is 1. The standard InChI is InChI=1S/C26H26ClN3O4S/c1-3-17-8-6-9-19-18(15-29(24(17)19)16-23(31)28-12-7-13-34-2)14-22-25(32)30(26(33)35-22)21-11-5-4-10-20(21)27/h4-6,8-11,14-15H,3,7,12-13,16H2,1-2H3,(H,28,31)/b22-14-. The van der Waals surface area contributed by atoms with E-state index in [9.17, 15) is 14.4 Å². The number of nitrogens with one attached hydrogen (secondary N) is 1. The van der Waals surface area contributed by atoms with Crippen molar-refractivity contribution < 1.29 is 19.1 Å². The molecule has 0 unspecified atom stereocenters. The van der Waals surface area contributed by atoms with Gasteiger partial charge in [0.2, 0.25) is 5.91 Å². The lowest BCUT2D eigenvalue weighted by Gasteiger charge is -2.13. The fourth-order valence-electron chi connectivity index (χ4n) is 4.10. The number of para-hydroxylation sites is 2. The van der Waals surface area contributed by atoms with Gasteiger partial charge in [0.05, 0.1) is 21.1 Å². The molecule has 0 radical (unpaired) electrons. The first-order chi connectivity index (χ1) is 16.9. The minimum absolute atomic E-state index is 0.102. The zero-order chi connectivity index (χ0) is 24.9. The highest BCUT2D eigenvalue weighted by Gasteiger charge is 2.37. The smallest absolute Gasteiger partial charge is 0.298 e. The van der Waals surface area contributed by atoms with E-state index in [-0.39, 0.29) is 12.5 Å². The predicted molar refractivity (Wildman–Crippen MR) is 141 cm³/mol. The van der Waals surface area contributed by atoms with Crippen molar-refractivity contribution in [1.29, 1.82) is 0 Å². The number of thioether (sulfide) groups is 1. The van der Waals surface area contributed by atoms with Crippen molar-refractivity contribution in [2.75, 3.05) is 25.2 Å². The fraction of sp³-hybridized carbons (Fsp3) is 0.269. The SMILES string of the molecule is CCc1cccc2c(/C=C3\SC(=O)N(c4ccccc4Cl)C3=O)cn(CC(=O)NCCCOC)c12. The number of hydrogen-bond acceptors (Lipinski definition) is 5. The predicted octanol–water partition coefficient (Wildman–Crippen LogP) is 5.25. The fourth-order valence-corrected chi connectivity index (χ4v) is 5.14. The summed E-state index contributed by atoms with van der Waals surface area (Å²) in [7, 11) is 1.63. The van der Waals surface area contributed by atoms with Crippen LogP contribution in [0.5, 0.6) is 0 Å². The summed E-state index contributed by atoms with van der Waals surface area (Å²) >= 11 is 7.11. The Bertz CT molecular complexity index is 1320. The topological polar surface area (TPSA) is 80.6 Å². The van der Waals surface area contributed by atoms with E-state index in [2.05, 4.69) is 12.2 Å². The van der Waals surface area contributed by atoms with Crippen LogP contribution in [-0.2, 0) is 27.3 Å². The third-order valence-corrected chi connectivity index (χ3v) is 6.92.